The van der Waals surface area contributed by atoms with Crippen molar-refractivity contribution in [3.63, 3.8) is 0 Å². The minimum absolute atomic E-state index is 0.560. The minimum atomic E-state index is 0.560. The van der Waals surface area contributed by atoms with E-state index in [-0.39, 0.29) is 0 Å². The van der Waals surface area contributed by atoms with Crippen molar-refractivity contribution in [2.45, 2.75) is 43.1 Å². The molecule has 0 N–H and O–H groups in total. The van der Waals surface area contributed by atoms with Crippen LogP contribution in [0.1, 0.15) is 37.8 Å². The fraction of sp³-hybridized carbons (Fsp3) is 0.600. The van der Waals surface area contributed by atoms with Gasteiger partial charge < -0.3 is 0 Å². The zero-order valence-electron chi connectivity index (χ0n) is 10.3. The third-order valence-electron chi connectivity index (χ3n) is 4.59. The Morgan fingerprint density at radius 2 is 1.94 bits per heavy atom. The fourth-order valence-corrected chi connectivity index (χ4v) is 4.64. The molecule has 3 rings (SSSR count). The second-order valence-corrected chi connectivity index (χ2v) is 6.63. The molecule has 2 fully saturated rings. The van der Waals surface area contributed by atoms with Gasteiger partial charge in [0.05, 0.1) is 0 Å². The van der Waals surface area contributed by atoms with Crippen molar-refractivity contribution in [1.29, 1.82) is 0 Å². The van der Waals surface area contributed by atoms with Crippen LogP contribution in [-0.4, -0.2) is 22.3 Å². The molecule has 0 aromatic heterocycles. The Morgan fingerprint density at radius 3 is 2.71 bits per heavy atom. The SMILES string of the molecule is C[C@H](c1ccccc1)N1CCC2CCC(Br)C21. The van der Waals surface area contributed by atoms with Gasteiger partial charge in [0, 0.05) is 16.9 Å². The maximum atomic E-state index is 3.88. The van der Waals surface area contributed by atoms with Crippen molar-refractivity contribution >= 4 is 15.9 Å². The molecule has 0 radical (unpaired) electrons. The molecule has 1 aromatic rings. The van der Waals surface area contributed by atoms with Gasteiger partial charge in [0.2, 0.25) is 0 Å². The van der Waals surface area contributed by atoms with E-state index in [0.717, 1.165) is 12.0 Å². The van der Waals surface area contributed by atoms with E-state index in [0.29, 0.717) is 10.9 Å². The average molecular weight is 294 g/mol. The summed E-state index contributed by atoms with van der Waals surface area (Å²) in [5.74, 6) is 0.936. The Kier molecular flexibility index (Phi) is 3.27. The lowest BCUT2D eigenvalue weighted by molar-refractivity contribution is 0.188. The molecule has 1 heterocycles. The molecule has 3 unspecified atom stereocenters. The van der Waals surface area contributed by atoms with Crippen molar-refractivity contribution in [2.24, 2.45) is 5.92 Å². The van der Waals surface area contributed by atoms with Gasteiger partial charge in [0.1, 0.15) is 0 Å². The number of halogens is 1. The van der Waals surface area contributed by atoms with Crippen LogP contribution in [0.15, 0.2) is 30.3 Å². The Labute approximate surface area is 112 Å². The zero-order chi connectivity index (χ0) is 11.8. The summed E-state index contributed by atoms with van der Waals surface area (Å²) >= 11 is 3.88. The predicted molar refractivity (Wildman–Crippen MR) is 75.4 cm³/mol. The van der Waals surface area contributed by atoms with E-state index in [4.69, 9.17) is 0 Å². The summed E-state index contributed by atoms with van der Waals surface area (Å²) in [6.07, 6.45) is 4.16. The van der Waals surface area contributed by atoms with E-state index in [9.17, 15) is 0 Å². The fourth-order valence-electron chi connectivity index (χ4n) is 3.64. The number of rotatable bonds is 2. The zero-order valence-corrected chi connectivity index (χ0v) is 11.9. The topological polar surface area (TPSA) is 3.24 Å². The van der Waals surface area contributed by atoms with Gasteiger partial charge in [-0.2, -0.15) is 0 Å². The average Bonchev–Trinajstić information content (AvgIpc) is 2.93. The van der Waals surface area contributed by atoms with Crippen LogP contribution >= 0.6 is 15.9 Å². The first-order valence-electron chi connectivity index (χ1n) is 6.72. The number of benzene rings is 1. The van der Waals surface area contributed by atoms with E-state index >= 15 is 0 Å². The smallest absolute Gasteiger partial charge is 0.0323 e. The molecule has 1 aliphatic carbocycles. The van der Waals surface area contributed by atoms with Gasteiger partial charge >= 0.3 is 0 Å². The van der Waals surface area contributed by atoms with Crippen molar-refractivity contribution < 1.29 is 0 Å². The third-order valence-corrected chi connectivity index (χ3v) is 5.59. The quantitative estimate of drug-likeness (QED) is 0.745. The molecule has 4 atom stereocenters. The predicted octanol–water partition coefficient (Wildman–Crippen LogP) is 4.00. The maximum Gasteiger partial charge on any atom is 0.0323 e. The van der Waals surface area contributed by atoms with E-state index in [2.05, 4.69) is 58.1 Å². The molecule has 1 aromatic carbocycles. The molecular formula is C15H20BrN. The summed E-state index contributed by atoms with van der Waals surface area (Å²) < 4.78 is 0. The number of fused-ring (bicyclic) bond motifs is 1. The molecule has 1 saturated carbocycles. The van der Waals surface area contributed by atoms with Gasteiger partial charge in [-0.3, -0.25) is 4.90 Å². The van der Waals surface area contributed by atoms with Crippen molar-refractivity contribution in [3.05, 3.63) is 35.9 Å². The monoisotopic (exact) mass is 293 g/mol. The molecule has 1 aliphatic heterocycles. The van der Waals surface area contributed by atoms with E-state index < -0.39 is 0 Å². The van der Waals surface area contributed by atoms with Gasteiger partial charge in [-0.05, 0) is 44.2 Å². The van der Waals surface area contributed by atoms with Gasteiger partial charge in [0.25, 0.3) is 0 Å². The lowest BCUT2D eigenvalue weighted by Gasteiger charge is -2.32. The second-order valence-electron chi connectivity index (χ2n) is 5.46. The number of likely N-dealkylation sites (tertiary alicyclic amines) is 1. The molecule has 2 aliphatic rings. The number of hydrogen-bond acceptors (Lipinski definition) is 1. The van der Waals surface area contributed by atoms with E-state index in [1.807, 2.05) is 0 Å². The first-order valence-corrected chi connectivity index (χ1v) is 7.63. The van der Waals surface area contributed by atoms with Crippen LogP contribution in [0.4, 0.5) is 0 Å². The largest absolute Gasteiger partial charge is 0.292 e. The van der Waals surface area contributed by atoms with Crippen LogP contribution in [0.2, 0.25) is 0 Å². The summed E-state index contributed by atoms with van der Waals surface area (Å²) in [5.41, 5.74) is 1.46. The number of alkyl halides is 1. The molecule has 2 heteroatoms. The first kappa shape index (κ1) is 11.7. The molecule has 1 saturated heterocycles. The van der Waals surface area contributed by atoms with Crippen molar-refractivity contribution in [2.75, 3.05) is 6.54 Å². The summed E-state index contributed by atoms with van der Waals surface area (Å²) in [6.45, 7) is 3.63. The molecule has 17 heavy (non-hydrogen) atoms. The van der Waals surface area contributed by atoms with Crippen molar-refractivity contribution in [1.82, 2.24) is 4.90 Å². The van der Waals surface area contributed by atoms with Gasteiger partial charge in [-0.25, -0.2) is 0 Å². The van der Waals surface area contributed by atoms with E-state index in [1.54, 1.807) is 0 Å². The third kappa shape index (κ3) is 2.06. The summed E-state index contributed by atoms with van der Waals surface area (Å²) in [4.78, 5) is 3.42. The summed E-state index contributed by atoms with van der Waals surface area (Å²) in [7, 11) is 0. The highest BCUT2D eigenvalue weighted by atomic mass is 79.9. The Morgan fingerprint density at radius 1 is 1.18 bits per heavy atom. The van der Waals surface area contributed by atoms with Crippen LogP contribution in [-0.2, 0) is 0 Å². The molecule has 0 amide bonds. The van der Waals surface area contributed by atoms with Gasteiger partial charge in [-0.15, -0.1) is 0 Å². The summed E-state index contributed by atoms with van der Waals surface area (Å²) in [6, 6.07) is 12.3. The highest BCUT2D eigenvalue weighted by Gasteiger charge is 2.44. The first-order chi connectivity index (χ1) is 8.27. The van der Waals surface area contributed by atoms with E-state index in [1.165, 1.54) is 31.4 Å². The Hall–Kier alpha value is -0.340. The van der Waals surface area contributed by atoms with Crippen LogP contribution in [0.5, 0.6) is 0 Å². The second kappa shape index (κ2) is 4.74. The standard InChI is InChI=1S/C15H20BrN/c1-11(12-5-3-2-4-6-12)17-10-9-13-7-8-14(16)15(13)17/h2-6,11,13-15H,7-10H2,1H3/t11-,13?,14?,15?/m1/s1. The number of hydrogen-bond donors (Lipinski definition) is 0. The number of nitrogens with zero attached hydrogens (tertiary/aromatic N) is 1. The molecule has 92 valence electrons. The molecular weight excluding hydrogens is 274 g/mol. The lowest BCUT2D eigenvalue weighted by atomic mass is 10.0. The maximum absolute atomic E-state index is 3.88. The molecule has 0 bridgehead atoms. The van der Waals surface area contributed by atoms with Crippen LogP contribution in [0, 0.1) is 5.92 Å². The Balaban J connectivity index is 1.81. The molecule has 1 nitrogen and oxygen atoms in total. The highest BCUT2D eigenvalue weighted by Crippen LogP contribution is 2.44. The molecule has 0 spiro atoms. The Bertz CT molecular complexity index is 378. The van der Waals surface area contributed by atoms with Gasteiger partial charge in [0.15, 0.2) is 0 Å². The minimum Gasteiger partial charge on any atom is -0.292 e. The lowest BCUT2D eigenvalue weighted by Crippen LogP contribution is -2.37. The highest BCUT2D eigenvalue weighted by molar-refractivity contribution is 9.09. The normalized spacial score (nSPS) is 34.8. The van der Waals surface area contributed by atoms with Gasteiger partial charge in [-0.1, -0.05) is 46.3 Å². The van der Waals surface area contributed by atoms with Crippen LogP contribution in [0.3, 0.4) is 0 Å². The van der Waals surface area contributed by atoms with Crippen molar-refractivity contribution in [3.8, 4) is 0 Å². The summed E-state index contributed by atoms with van der Waals surface area (Å²) in [5, 5.41) is 0. The van der Waals surface area contributed by atoms with Crippen LogP contribution < -0.4 is 0 Å². The van der Waals surface area contributed by atoms with Crippen LogP contribution in [0.25, 0.3) is 0 Å².